The molecule has 0 fully saturated rings. The Hall–Kier alpha value is -1.79. The number of hydrogen-bond acceptors (Lipinski definition) is 3. The van der Waals surface area contributed by atoms with Crippen LogP contribution in [-0.2, 0) is 9.59 Å². The highest BCUT2D eigenvalue weighted by molar-refractivity contribution is 5.86. The molecule has 19 heavy (non-hydrogen) atoms. The van der Waals surface area contributed by atoms with Crippen LogP contribution in [0.1, 0.15) is 34.6 Å². The lowest BCUT2D eigenvalue weighted by Crippen LogP contribution is -2.53. The summed E-state index contributed by atoms with van der Waals surface area (Å²) in [6.07, 6.45) is 0. The highest BCUT2D eigenvalue weighted by atomic mass is 16.4. The second-order valence-electron chi connectivity index (χ2n) is 5.69. The molecule has 0 aliphatic carbocycles. The summed E-state index contributed by atoms with van der Waals surface area (Å²) in [6, 6.07) is -1.72. The molecule has 0 heterocycles. The Morgan fingerprint density at radius 1 is 1.11 bits per heavy atom. The number of carbonyl (C=O) groups is 3. The number of urea groups is 1. The van der Waals surface area contributed by atoms with Gasteiger partial charge in [0.2, 0.25) is 5.91 Å². The number of rotatable bonds is 5. The highest BCUT2D eigenvalue weighted by Crippen LogP contribution is 2.19. The van der Waals surface area contributed by atoms with E-state index in [2.05, 4.69) is 16.0 Å². The van der Waals surface area contributed by atoms with Crippen molar-refractivity contribution in [3.8, 4) is 0 Å². The molecule has 0 aliphatic rings. The summed E-state index contributed by atoms with van der Waals surface area (Å²) in [5.74, 6) is -1.44. The fourth-order valence-electron chi connectivity index (χ4n) is 1.36. The van der Waals surface area contributed by atoms with Crippen molar-refractivity contribution in [3.63, 3.8) is 0 Å². The second-order valence-corrected chi connectivity index (χ2v) is 5.69. The Morgan fingerprint density at radius 2 is 1.63 bits per heavy atom. The van der Waals surface area contributed by atoms with E-state index < -0.39 is 23.5 Å². The average molecular weight is 273 g/mol. The number of amides is 3. The normalized spacial score (nSPS) is 12.7. The van der Waals surface area contributed by atoms with Crippen molar-refractivity contribution in [1.82, 2.24) is 16.0 Å². The Morgan fingerprint density at radius 3 is 2.00 bits per heavy atom. The average Bonchev–Trinajstić information content (AvgIpc) is 2.20. The SMILES string of the molecule is CC(C)NC(=O)CNC(=O)N[C@H](C(=O)O)C(C)(C)C. The zero-order valence-corrected chi connectivity index (χ0v) is 12.0. The number of carboxylic acids is 1. The molecule has 0 unspecified atom stereocenters. The van der Waals surface area contributed by atoms with E-state index in [0.29, 0.717) is 0 Å². The van der Waals surface area contributed by atoms with Crippen LogP contribution in [0.25, 0.3) is 0 Å². The van der Waals surface area contributed by atoms with Crippen molar-refractivity contribution < 1.29 is 19.5 Å². The Balaban J connectivity index is 4.30. The molecule has 3 amide bonds. The summed E-state index contributed by atoms with van der Waals surface area (Å²) in [5.41, 5.74) is -0.622. The highest BCUT2D eigenvalue weighted by Gasteiger charge is 2.32. The van der Waals surface area contributed by atoms with E-state index in [1.807, 2.05) is 0 Å². The Bertz CT molecular complexity index is 347. The first-order chi connectivity index (χ1) is 8.54. The summed E-state index contributed by atoms with van der Waals surface area (Å²) in [7, 11) is 0. The van der Waals surface area contributed by atoms with Gasteiger partial charge in [-0.1, -0.05) is 20.8 Å². The molecule has 0 aliphatic heterocycles. The van der Waals surface area contributed by atoms with Crippen LogP contribution in [0.5, 0.6) is 0 Å². The summed E-state index contributed by atoms with van der Waals surface area (Å²) in [6.45, 7) is 8.53. The van der Waals surface area contributed by atoms with Crippen LogP contribution in [0.4, 0.5) is 4.79 Å². The molecule has 0 rings (SSSR count). The monoisotopic (exact) mass is 273 g/mol. The van der Waals surface area contributed by atoms with Crippen LogP contribution in [0, 0.1) is 5.41 Å². The predicted molar refractivity (Wildman–Crippen MR) is 70.7 cm³/mol. The molecule has 0 saturated carbocycles. The first kappa shape index (κ1) is 17.2. The van der Waals surface area contributed by atoms with Gasteiger partial charge in [-0.15, -0.1) is 0 Å². The van der Waals surface area contributed by atoms with E-state index in [9.17, 15) is 14.4 Å². The molecular formula is C12H23N3O4. The Labute approximate surface area is 113 Å². The van der Waals surface area contributed by atoms with Crippen molar-refractivity contribution in [2.24, 2.45) is 5.41 Å². The van der Waals surface area contributed by atoms with Gasteiger partial charge in [0.1, 0.15) is 6.04 Å². The van der Waals surface area contributed by atoms with E-state index in [0.717, 1.165) is 0 Å². The first-order valence-electron chi connectivity index (χ1n) is 6.10. The molecule has 4 N–H and O–H groups in total. The smallest absolute Gasteiger partial charge is 0.326 e. The van der Waals surface area contributed by atoms with Gasteiger partial charge >= 0.3 is 12.0 Å². The minimum atomic E-state index is -1.12. The molecule has 1 atom stereocenters. The molecule has 0 bridgehead atoms. The molecule has 0 aromatic heterocycles. The molecule has 7 nitrogen and oxygen atoms in total. The van der Waals surface area contributed by atoms with E-state index >= 15 is 0 Å². The van der Waals surface area contributed by atoms with Crippen LogP contribution >= 0.6 is 0 Å². The van der Waals surface area contributed by atoms with Gasteiger partial charge in [0.25, 0.3) is 0 Å². The van der Waals surface area contributed by atoms with Crippen molar-refractivity contribution in [2.45, 2.75) is 46.7 Å². The van der Waals surface area contributed by atoms with Crippen LogP contribution < -0.4 is 16.0 Å². The maximum atomic E-state index is 11.5. The third-order valence-corrected chi connectivity index (χ3v) is 2.25. The molecule has 0 spiro atoms. The molecule has 7 heteroatoms. The quantitative estimate of drug-likeness (QED) is 0.578. The lowest BCUT2D eigenvalue weighted by Gasteiger charge is -2.27. The first-order valence-corrected chi connectivity index (χ1v) is 6.10. The molecule has 110 valence electrons. The third kappa shape index (κ3) is 7.28. The number of carboxylic acid groups (broad SMARTS) is 1. The van der Waals surface area contributed by atoms with Gasteiger partial charge in [-0.25, -0.2) is 9.59 Å². The Kier molecular flexibility index (Phi) is 6.31. The summed E-state index contributed by atoms with van der Waals surface area (Å²) >= 11 is 0. The van der Waals surface area contributed by atoms with Gasteiger partial charge in [-0.05, 0) is 19.3 Å². The third-order valence-electron chi connectivity index (χ3n) is 2.25. The summed E-state index contributed by atoms with van der Waals surface area (Å²) in [5, 5.41) is 16.3. The standard InChI is InChI=1S/C12H23N3O4/c1-7(2)14-8(16)6-13-11(19)15-9(10(17)18)12(3,4)5/h7,9H,6H2,1-5H3,(H,14,16)(H,17,18)(H2,13,15,19)/t9-/m1/s1. The minimum Gasteiger partial charge on any atom is -0.480 e. The van der Waals surface area contributed by atoms with E-state index in [1.165, 1.54) is 0 Å². The summed E-state index contributed by atoms with van der Waals surface area (Å²) < 4.78 is 0. The lowest BCUT2D eigenvalue weighted by atomic mass is 9.87. The van der Waals surface area contributed by atoms with Gasteiger partial charge in [-0.2, -0.15) is 0 Å². The van der Waals surface area contributed by atoms with Crippen molar-refractivity contribution >= 4 is 17.9 Å². The van der Waals surface area contributed by atoms with Gasteiger partial charge < -0.3 is 21.1 Å². The van der Waals surface area contributed by atoms with Crippen LogP contribution in [-0.4, -0.2) is 41.6 Å². The van der Waals surface area contributed by atoms with Gasteiger partial charge in [0.05, 0.1) is 6.54 Å². The van der Waals surface area contributed by atoms with Gasteiger partial charge in [0, 0.05) is 6.04 Å². The van der Waals surface area contributed by atoms with Crippen LogP contribution in [0.15, 0.2) is 0 Å². The zero-order chi connectivity index (χ0) is 15.2. The van der Waals surface area contributed by atoms with Gasteiger partial charge in [-0.3, -0.25) is 4.79 Å². The maximum Gasteiger partial charge on any atom is 0.326 e. The molecule has 0 aromatic rings. The van der Waals surface area contributed by atoms with Crippen molar-refractivity contribution in [3.05, 3.63) is 0 Å². The largest absolute Gasteiger partial charge is 0.480 e. The second kappa shape index (κ2) is 6.96. The topological polar surface area (TPSA) is 108 Å². The summed E-state index contributed by atoms with van der Waals surface area (Å²) in [4.78, 5) is 33.9. The van der Waals surface area contributed by atoms with Crippen molar-refractivity contribution in [2.75, 3.05) is 6.54 Å². The van der Waals surface area contributed by atoms with E-state index in [1.54, 1.807) is 34.6 Å². The van der Waals surface area contributed by atoms with E-state index in [4.69, 9.17) is 5.11 Å². The van der Waals surface area contributed by atoms with Crippen molar-refractivity contribution in [1.29, 1.82) is 0 Å². The minimum absolute atomic E-state index is 0.0151. The molecule has 0 saturated heterocycles. The predicted octanol–water partition coefficient (Wildman–Crippen LogP) is 0.310. The number of carbonyl (C=O) groups excluding carboxylic acids is 2. The molecular weight excluding hydrogens is 250 g/mol. The number of nitrogens with one attached hydrogen (secondary N) is 3. The van der Waals surface area contributed by atoms with E-state index in [-0.39, 0.29) is 18.5 Å². The zero-order valence-electron chi connectivity index (χ0n) is 12.0. The van der Waals surface area contributed by atoms with Crippen LogP contribution in [0.3, 0.4) is 0 Å². The lowest BCUT2D eigenvalue weighted by molar-refractivity contribution is -0.141. The number of hydrogen-bond donors (Lipinski definition) is 4. The van der Waals surface area contributed by atoms with Gasteiger partial charge in [0.15, 0.2) is 0 Å². The molecule has 0 aromatic carbocycles. The maximum absolute atomic E-state index is 11.5. The molecule has 0 radical (unpaired) electrons. The fourth-order valence-corrected chi connectivity index (χ4v) is 1.36. The number of aliphatic carboxylic acids is 1. The van der Waals surface area contributed by atoms with Crippen LogP contribution in [0.2, 0.25) is 0 Å². The fraction of sp³-hybridized carbons (Fsp3) is 0.750.